The van der Waals surface area contributed by atoms with E-state index in [0.717, 1.165) is 17.4 Å². The lowest BCUT2D eigenvalue weighted by Gasteiger charge is -2.07. The lowest BCUT2D eigenvalue weighted by molar-refractivity contribution is 0.394. The van der Waals surface area contributed by atoms with Crippen molar-refractivity contribution in [2.45, 2.75) is 19.9 Å². The van der Waals surface area contributed by atoms with Crippen molar-refractivity contribution in [3.63, 3.8) is 0 Å². The van der Waals surface area contributed by atoms with Gasteiger partial charge in [-0.25, -0.2) is 4.98 Å². The predicted molar refractivity (Wildman–Crippen MR) is 77.3 cm³/mol. The molecule has 18 heavy (non-hydrogen) atoms. The fourth-order valence-corrected chi connectivity index (χ4v) is 2.85. The number of methoxy groups -OCH3 is 1. The zero-order chi connectivity index (χ0) is 13.0. The second-order valence-corrected chi connectivity index (χ2v) is 5.48. The number of halogens is 1. The zero-order valence-electron chi connectivity index (χ0n) is 10.2. The number of aryl methyl sites for hydroxylation is 1. The smallest absolute Gasteiger partial charge is 0.232 e. The molecule has 1 N–H and O–H groups in total. The molecule has 96 valence electrons. The molecule has 0 spiro atoms. The Labute approximate surface area is 119 Å². The molecule has 0 aliphatic rings. The number of ether oxygens (including phenoxy) is 1. The van der Waals surface area contributed by atoms with Gasteiger partial charge in [0, 0.05) is 4.88 Å². The van der Waals surface area contributed by atoms with Crippen molar-refractivity contribution in [2.24, 2.45) is 0 Å². The number of hydrogen-bond donors (Lipinski definition) is 1. The SMILES string of the molecule is CCc1ccsc1CNc1ncc(Br)c(OC)n1. The molecule has 0 bridgehead atoms. The van der Waals surface area contributed by atoms with Crippen LogP contribution in [-0.4, -0.2) is 17.1 Å². The Kier molecular flexibility index (Phi) is 4.54. The summed E-state index contributed by atoms with van der Waals surface area (Å²) >= 11 is 5.08. The van der Waals surface area contributed by atoms with Crippen LogP contribution in [0.25, 0.3) is 0 Å². The molecule has 6 heteroatoms. The highest BCUT2D eigenvalue weighted by Crippen LogP contribution is 2.23. The molecule has 0 fully saturated rings. The average molecular weight is 328 g/mol. The van der Waals surface area contributed by atoms with Gasteiger partial charge in [-0.2, -0.15) is 4.98 Å². The quantitative estimate of drug-likeness (QED) is 0.913. The van der Waals surface area contributed by atoms with E-state index >= 15 is 0 Å². The van der Waals surface area contributed by atoms with Crippen molar-refractivity contribution < 1.29 is 4.74 Å². The minimum Gasteiger partial charge on any atom is -0.480 e. The van der Waals surface area contributed by atoms with E-state index in [1.807, 2.05) is 0 Å². The molecule has 0 aliphatic heterocycles. The average Bonchev–Trinajstić information content (AvgIpc) is 2.85. The third-order valence-corrected chi connectivity index (χ3v) is 4.04. The maximum absolute atomic E-state index is 5.13. The summed E-state index contributed by atoms with van der Waals surface area (Å²) in [4.78, 5) is 9.78. The molecule has 0 saturated carbocycles. The number of aromatic nitrogens is 2. The first-order chi connectivity index (χ1) is 8.74. The monoisotopic (exact) mass is 327 g/mol. The molecule has 0 aromatic carbocycles. The van der Waals surface area contributed by atoms with E-state index in [9.17, 15) is 0 Å². The van der Waals surface area contributed by atoms with Crippen LogP contribution in [0.2, 0.25) is 0 Å². The van der Waals surface area contributed by atoms with Crippen LogP contribution in [0.15, 0.2) is 22.1 Å². The van der Waals surface area contributed by atoms with Gasteiger partial charge in [0.25, 0.3) is 0 Å². The Hall–Kier alpha value is -1.14. The van der Waals surface area contributed by atoms with Crippen LogP contribution in [-0.2, 0) is 13.0 Å². The van der Waals surface area contributed by atoms with E-state index in [2.05, 4.69) is 49.6 Å². The summed E-state index contributed by atoms with van der Waals surface area (Å²) in [6, 6.07) is 2.16. The van der Waals surface area contributed by atoms with Gasteiger partial charge in [-0.15, -0.1) is 11.3 Å². The van der Waals surface area contributed by atoms with Gasteiger partial charge in [0.05, 0.1) is 24.3 Å². The Morgan fingerprint density at radius 3 is 3.06 bits per heavy atom. The second kappa shape index (κ2) is 6.15. The molecular formula is C12H14BrN3OS. The van der Waals surface area contributed by atoms with Crippen LogP contribution >= 0.6 is 27.3 Å². The molecule has 0 radical (unpaired) electrons. The molecule has 0 saturated heterocycles. The summed E-state index contributed by atoms with van der Waals surface area (Å²) < 4.78 is 5.88. The van der Waals surface area contributed by atoms with E-state index in [4.69, 9.17) is 4.74 Å². The van der Waals surface area contributed by atoms with Crippen LogP contribution in [0.5, 0.6) is 5.88 Å². The van der Waals surface area contributed by atoms with Crippen LogP contribution in [0.3, 0.4) is 0 Å². The van der Waals surface area contributed by atoms with Crippen molar-refractivity contribution in [1.29, 1.82) is 0 Å². The van der Waals surface area contributed by atoms with E-state index in [-0.39, 0.29) is 0 Å². The number of rotatable bonds is 5. The highest BCUT2D eigenvalue weighted by molar-refractivity contribution is 9.10. The van der Waals surface area contributed by atoms with E-state index in [1.165, 1.54) is 10.4 Å². The first-order valence-electron chi connectivity index (χ1n) is 5.60. The molecule has 0 amide bonds. The number of nitrogens with one attached hydrogen (secondary N) is 1. The largest absolute Gasteiger partial charge is 0.480 e. The van der Waals surface area contributed by atoms with Crippen LogP contribution in [0.1, 0.15) is 17.4 Å². The zero-order valence-corrected chi connectivity index (χ0v) is 12.6. The molecule has 0 atom stereocenters. The van der Waals surface area contributed by atoms with E-state index in [0.29, 0.717) is 11.8 Å². The van der Waals surface area contributed by atoms with Crippen molar-refractivity contribution >= 4 is 33.2 Å². The lowest BCUT2D eigenvalue weighted by Crippen LogP contribution is -2.04. The lowest BCUT2D eigenvalue weighted by atomic mass is 10.2. The summed E-state index contributed by atoms with van der Waals surface area (Å²) in [7, 11) is 1.59. The normalized spacial score (nSPS) is 10.4. The summed E-state index contributed by atoms with van der Waals surface area (Å²) in [6.45, 7) is 2.90. The molecule has 2 heterocycles. The van der Waals surface area contributed by atoms with Gasteiger partial charge in [0.1, 0.15) is 0 Å². The fraction of sp³-hybridized carbons (Fsp3) is 0.333. The standard InChI is InChI=1S/C12H14BrN3OS/c1-3-8-4-5-18-10(8)7-15-12-14-6-9(13)11(16-12)17-2/h4-6H,3,7H2,1-2H3,(H,14,15,16). The highest BCUT2D eigenvalue weighted by atomic mass is 79.9. The first-order valence-corrected chi connectivity index (χ1v) is 7.27. The van der Waals surface area contributed by atoms with E-state index < -0.39 is 0 Å². The van der Waals surface area contributed by atoms with Crippen molar-refractivity contribution in [3.8, 4) is 5.88 Å². The van der Waals surface area contributed by atoms with Gasteiger partial charge >= 0.3 is 0 Å². The van der Waals surface area contributed by atoms with Gasteiger partial charge in [0.2, 0.25) is 11.8 Å². The molecule has 2 aromatic rings. The van der Waals surface area contributed by atoms with Crippen molar-refractivity contribution in [3.05, 3.63) is 32.6 Å². The topological polar surface area (TPSA) is 47.0 Å². The Morgan fingerprint density at radius 1 is 1.50 bits per heavy atom. The maximum atomic E-state index is 5.13. The Bertz CT molecular complexity index is 530. The molecule has 0 aliphatic carbocycles. The summed E-state index contributed by atoms with van der Waals surface area (Å²) in [5, 5.41) is 5.32. The van der Waals surface area contributed by atoms with Crippen molar-refractivity contribution in [2.75, 3.05) is 12.4 Å². The molecule has 4 nitrogen and oxygen atoms in total. The van der Waals surface area contributed by atoms with Gasteiger partial charge in [0.15, 0.2) is 0 Å². The maximum Gasteiger partial charge on any atom is 0.232 e. The third-order valence-electron chi connectivity index (χ3n) is 2.53. The van der Waals surface area contributed by atoms with Gasteiger partial charge in [-0.05, 0) is 39.4 Å². The highest BCUT2D eigenvalue weighted by Gasteiger charge is 2.06. The number of nitrogens with zero attached hydrogens (tertiary/aromatic N) is 2. The number of thiophene rings is 1. The molecular weight excluding hydrogens is 314 g/mol. The van der Waals surface area contributed by atoms with Gasteiger partial charge in [-0.3, -0.25) is 0 Å². The second-order valence-electron chi connectivity index (χ2n) is 3.63. The van der Waals surface area contributed by atoms with Crippen LogP contribution < -0.4 is 10.1 Å². The van der Waals surface area contributed by atoms with Crippen molar-refractivity contribution in [1.82, 2.24) is 9.97 Å². The summed E-state index contributed by atoms with van der Waals surface area (Å²) in [5.74, 6) is 1.11. The van der Waals surface area contributed by atoms with Gasteiger partial charge < -0.3 is 10.1 Å². The van der Waals surface area contributed by atoms with Gasteiger partial charge in [-0.1, -0.05) is 6.92 Å². The summed E-state index contributed by atoms with van der Waals surface area (Å²) in [6.07, 6.45) is 2.73. The van der Waals surface area contributed by atoms with E-state index in [1.54, 1.807) is 24.6 Å². The van der Waals surface area contributed by atoms with Crippen LogP contribution in [0.4, 0.5) is 5.95 Å². The Morgan fingerprint density at radius 2 is 2.33 bits per heavy atom. The predicted octanol–water partition coefficient (Wildman–Crippen LogP) is 3.48. The fourth-order valence-electron chi connectivity index (χ4n) is 1.58. The number of hydrogen-bond acceptors (Lipinski definition) is 5. The third kappa shape index (κ3) is 3.00. The Balaban J connectivity index is 2.06. The first kappa shape index (κ1) is 13.3. The number of anilines is 1. The molecule has 2 rings (SSSR count). The minimum atomic E-state index is 0.536. The molecule has 0 unspecified atom stereocenters. The minimum absolute atomic E-state index is 0.536. The molecule has 2 aromatic heterocycles. The van der Waals surface area contributed by atoms with Crippen LogP contribution in [0, 0.1) is 0 Å². The summed E-state index contributed by atoms with van der Waals surface area (Å²) in [5.41, 5.74) is 1.37.